The van der Waals surface area contributed by atoms with Gasteiger partial charge in [0.25, 0.3) is 11.6 Å². The van der Waals surface area contributed by atoms with E-state index in [1.54, 1.807) is 18.9 Å². The number of amides is 1. The monoisotopic (exact) mass is 331 g/mol. The lowest BCUT2D eigenvalue weighted by atomic mass is 10.0. The molecular weight excluding hydrogens is 306 g/mol. The van der Waals surface area contributed by atoms with Crippen molar-refractivity contribution in [2.45, 2.75) is 58.0 Å². The number of aliphatic hydroxyl groups is 1. The van der Waals surface area contributed by atoms with E-state index in [-0.39, 0.29) is 11.8 Å². The molecule has 0 aliphatic heterocycles. The van der Waals surface area contributed by atoms with Gasteiger partial charge in [0.05, 0.1) is 22.7 Å². The van der Waals surface area contributed by atoms with Gasteiger partial charge < -0.3 is 14.5 Å². The highest BCUT2D eigenvalue weighted by molar-refractivity contribution is 6.06. The van der Waals surface area contributed by atoms with Crippen LogP contribution in [0, 0.1) is 0 Å². The molecule has 2 heterocycles. The molecule has 0 spiro atoms. The maximum atomic E-state index is 13.0. The zero-order chi connectivity index (χ0) is 17.4. The van der Waals surface area contributed by atoms with Gasteiger partial charge in [0, 0.05) is 25.2 Å². The molecule has 0 radical (unpaired) electrons. The molecule has 1 unspecified atom stereocenters. The Morgan fingerprint density at radius 2 is 2.12 bits per heavy atom. The first kappa shape index (κ1) is 16.9. The zero-order valence-corrected chi connectivity index (χ0v) is 14.7. The van der Waals surface area contributed by atoms with Crippen molar-refractivity contribution in [2.24, 2.45) is 0 Å². The molecule has 1 fully saturated rings. The van der Waals surface area contributed by atoms with Crippen LogP contribution in [0.1, 0.15) is 73.6 Å². The molecule has 1 atom stereocenters. The van der Waals surface area contributed by atoms with Crippen LogP contribution in [0.25, 0.3) is 11.1 Å². The number of fused-ring (bicyclic) bond motifs is 1. The molecular formula is C18H25N3O3. The summed E-state index contributed by atoms with van der Waals surface area (Å²) in [6.45, 7) is 6.28. The number of hydrogen-bond donors (Lipinski definition) is 1. The summed E-state index contributed by atoms with van der Waals surface area (Å²) in [5, 5.41) is 14.3. The number of pyridine rings is 1. The van der Waals surface area contributed by atoms with Crippen LogP contribution in [0.3, 0.4) is 0 Å². The number of hydrogen-bond acceptors (Lipinski definition) is 5. The second kappa shape index (κ2) is 6.51. The maximum Gasteiger partial charge on any atom is 0.259 e. The van der Waals surface area contributed by atoms with E-state index in [0.29, 0.717) is 30.2 Å². The summed E-state index contributed by atoms with van der Waals surface area (Å²) in [5.41, 5.74) is 2.75. The van der Waals surface area contributed by atoms with Crippen LogP contribution in [-0.4, -0.2) is 45.8 Å². The van der Waals surface area contributed by atoms with Crippen LogP contribution in [0.2, 0.25) is 0 Å². The van der Waals surface area contributed by atoms with Crippen LogP contribution < -0.4 is 0 Å². The molecule has 24 heavy (non-hydrogen) atoms. The number of carbonyl (C=O) groups excluding carboxylic acids is 1. The van der Waals surface area contributed by atoms with E-state index in [1.807, 2.05) is 19.9 Å². The lowest BCUT2D eigenvalue weighted by Gasteiger charge is -2.19. The minimum absolute atomic E-state index is 0.0740. The third-order valence-electron chi connectivity index (χ3n) is 4.49. The Morgan fingerprint density at radius 3 is 2.71 bits per heavy atom. The number of rotatable bonds is 6. The van der Waals surface area contributed by atoms with E-state index >= 15 is 0 Å². The standard InChI is InChI=1S/C18H25N3O3/c1-10(2)16-15-13(18(23)21(4)8-7-11(3)22)9-14(12-5-6-12)19-17(15)24-20-16/h9-12,22H,5-8H2,1-4H3. The fourth-order valence-electron chi connectivity index (χ4n) is 2.83. The maximum absolute atomic E-state index is 13.0. The third-order valence-corrected chi connectivity index (χ3v) is 4.49. The summed E-state index contributed by atoms with van der Waals surface area (Å²) < 4.78 is 5.43. The summed E-state index contributed by atoms with van der Waals surface area (Å²) in [7, 11) is 1.76. The van der Waals surface area contributed by atoms with Crippen LogP contribution in [-0.2, 0) is 0 Å². The zero-order valence-electron chi connectivity index (χ0n) is 14.7. The first-order valence-electron chi connectivity index (χ1n) is 8.62. The Hall–Kier alpha value is -1.95. The van der Waals surface area contributed by atoms with E-state index in [2.05, 4.69) is 10.1 Å². The molecule has 0 aromatic carbocycles. The SMILES string of the molecule is CC(O)CCN(C)C(=O)c1cc(C2CC2)nc2onc(C(C)C)c12. The van der Waals surface area contributed by atoms with Gasteiger partial charge in [-0.3, -0.25) is 4.79 Å². The molecule has 3 rings (SSSR count). The highest BCUT2D eigenvalue weighted by atomic mass is 16.5. The fourth-order valence-corrected chi connectivity index (χ4v) is 2.83. The van der Waals surface area contributed by atoms with Gasteiger partial charge in [-0.2, -0.15) is 0 Å². The van der Waals surface area contributed by atoms with E-state index in [0.717, 1.165) is 29.6 Å². The Morgan fingerprint density at radius 1 is 1.42 bits per heavy atom. The van der Waals surface area contributed by atoms with E-state index in [1.165, 1.54) is 0 Å². The first-order valence-corrected chi connectivity index (χ1v) is 8.62. The van der Waals surface area contributed by atoms with Crippen LogP contribution in [0.5, 0.6) is 0 Å². The summed E-state index contributed by atoms with van der Waals surface area (Å²) in [4.78, 5) is 19.2. The number of carbonyl (C=O) groups is 1. The second-order valence-electron chi connectivity index (χ2n) is 7.14. The number of aliphatic hydroxyl groups excluding tert-OH is 1. The summed E-state index contributed by atoms with van der Waals surface area (Å²) in [5.74, 6) is 0.500. The first-order chi connectivity index (χ1) is 11.4. The van der Waals surface area contributed by atoms with Crippen molar-refractivity contribution < 1.29 is 14.4 Å². The normalized spacial score (nSPS) is 15.9. The molecule has 130 valence electrons. The molecule has 1 saturated carbocycles. The summed E-state index contributed by atoms with van der Waals surface area (Å²) >= 11 is 0. The highest BCUT2D eigenvalue weighted by Crippen LogP contribution is 2.41. The van der Waals surface area contributed by atoms with Gasteiger partial charge in [-0.05, 0) is 38.2 Å². The Labute approximate surface area is 141 Å². The average Bonchev–Trinajstić information content (AvgIpc) is 3.29. The average molecular weight is 331 g/mol. The lowest BCUT2D eigenvalue weighted by Crippen LogP contribution is -2.29. The molecule has 6 nitrogen and oxygen atoms in total. The highest BCUT2D eigenvalue weighted by Gasteiger charge is 2.30. The van der Waals surface area contributed by atoms with E-state index in [4.69, 9.17) is 4.52 Å². The molecule has 1 N–H and O–H groups in total. The Kier molecular flexibility index (Phi) is 4.58. The number of nitrogens with zero attached hydrogens (tertiary/aromatic N) is 3. The van der Waals surface area contributed by atoms with Crippen molar-refractivity contribution in [3.05, 3.63) is 23.0 Å². The topological polar surface area (TPSA) is 79.5 Å². The number of aromatic nitrogens is 2. The molecule has 2 aromatic heterocycles. The van der Waals surface area contributed by atoms with Gasteiger partial charge in [-0.25, -0.2) is 4.98 Å². The van der Waals surface area contributed by atoms with Crippen molar-refractivity contribution in [2.75, 3.05) is 13.6 Å². The van der Waals surface area contributed by atoms with Crippen molar-refractivity contribution in [3.63, 3.8) is 0 Å². The second-order valence-corrected chi connectivity index (χ2v) is 7.14. The van der Waals surface area contributed by atoms with Gasteiger partial charge in [0.15, 0.2) is 0 Å². The van der Waals surface area contributed by atoms with Crippen molar-refractivity contribution in [1.29, 1.82) is 0 Å². The summed E-state index contributed by atoms with van der Waals surface area (Å²) in [6, 6.07) is 1.91. The lowest BCUT2D eigenvalue weighted by molar-refractivity contribution is 0.0770. The predicted molar refractivity (Wildman–Crippen MR) is 91.1 cm³/mol. The minimum Gasteiger partial charge on any atom is -0.393 e. The summed E-state index contributed by atoms with van der Waals surface area (Å²) in [6.07, 6.45) is 2.33. The van der Waals surface area contributed by atoms with Crippen molar-refractivity contribution in [3.8, 4) is 0 Å². The van der Waals surface area contributed by atoms with Crippen molar-refractivity contribution in [1.82, 2.24) is 15.0 Å². The Bertz CT molecular complexity index is 747. The Balaban J connectivity index is 2.03. The quantitative estimate of drug-likeness (QED) is 0.880. The van der Waals surface area contributed by atoms with Gasteiger partial charge >= 0.3 is 0 Å². The van der Waals surface area contributed by atoms with Crippen LogP contribution in [0.15, 0.2) is 10.6 Å². The third kappa shape index (κ3) is 3.29. The molecule has 1 aliphatic rings. The predicted octanol–water partition coefficient (Wildman–Crippen LogP) is 3.07. The van der Waals surface area contributed by atoms with Gasteiger partial charge in [-0.1, -0.05) is 19.0 Å². The van der Waals surface area contributed by atoms with Gasteiger partial charge in [-0.15, -0.1) is 0 Å². The smallest absolute Gasteiger partial charge is 0.259 e. The van der Waals surface area contributed by atoms with Crippen LogP contribution in [0.4, 0.5) is 0 Å². The van der Waals surface area contributed by atoms with Gasteiger partial charge in [0.1, 0.15) is 0 Å². The molecule has 1 aliphatic carbocycles. The van der Waals surface area contributed by atoms with E-state index in [9.17, 15) is 9.90 Å². The molecule has 1 amide bonds. The largest absolute Gasteiger partial charge is 0.393 e. The molecule has 0 saturated heterocycles. The molecule has 2 aromatic rings. The van der Waals surface area contributed by atoms with Gasteiger partial charge in [0.2, 0.25) is 0 Å². The fraction of sp³-hybridized carbons (Fsp3) is 0.611. The van der Waals surface area contributed by atoms with Crippen molar-refractivity contribution >= 4 is 17.0 Å². The molecule has 0 bridgehead atoms. The minimum atomic E-state index is -0.429. The van der Waals surface area contributed by atoms with E-state index < -0.39 is 6.10 Å². The van der Waals surface area contributed by atoms with Crippen LogP contribution >= 0.6 is 0 Å². The molecule has 6 heteroatoms.